The molecular formula is C18H24F3N3O4. The van der Waals surface area contributed by atoms with Crippen LogP contribution in [0.2, 0.25) is 0 Å². The molecule has 1 aromatic rings. The van der Waals surface area contributed by atoms with Crippen molar-refractivity contribution < 1.29 is 32.6 Å². The summed E-state index contributed by atoms with van der Waals surface area (Å²) in [5, 5.41) is 11.7. The van der Waals surface area contributed by atoms with E-state index >= 15 is 0 Å². The van der Waals surface area contributed by atoms with Crippen LogP contribution in [0.4, 0.5) is 18.0 Å². The second kappa shape index (κ2) is 9.63. The largest absolute Gasteiger partial charge is 0.573 e. The van der Waals surface area contributed by atoms with Crippen molar-refractivity contribution in [3.8, 4) is 5.75 Å². The molecule has 0 aromatic heterocycles. The van der Waals surface area contributed by atoms with Crippen molar-refractivity contribution in [1.29, 1.82) is 0 Å². The van der Waals surface area contributed by atoms with Crippen LogP contribution in [0, 0.1) is 5.92 Å². The van der Waals surface area contributed by atoms with Gasteiger partial charge >= 0.3 is 12.5 Å². The molecule has 1 aliphatic heterocycles. The van der Waals surface area contributed by atoms with E-state index < -0.39 is 12.5 Å². The first-order chi connectivity index (χ1) is 13.2. The summed E-state index contributed by atoms with van der Waals surface area (Å²) in [5.41, 5.74) is 0.875. The van der Waals surface area contributed by atoms with E-state index in [-0.39, 0.29) is 24.1 Å². The zero-order valence-corrected chi connectivity index (χ0v) is 15.5. The summed E-state index contributed by atoms with van der Waals surface area (Å²) in [4.78, 5) is 26.0. The van der Waals surface area contributed by atoms with Crippen LogP contribution in [0.25, 0.3) is 0 Å². The smallest absolute Gasteiger partial charge is 0.465 e. The van der Waals surface area contributed by atoms with E-state index in [9.17, 15) is 27.9 Å². The monoisotopic (exact) mass is 403 g/mol. The fraction of sp³-hybridized carbons (Fsp3) is 0.556. The third kappa shape index (κ3) is 7.26. The van der Waals surface area contributed by atoms with E-state index in [1.807, 2.05) is 0 Å². The van der Waals surface area contributed by atoms with E-state index in [2.05, 4.69) is 15.0 Å². The molecule has 0 radical (unpaired) electrons. The van der Waals surface area contributed by atoms with Gasteiger partial charge in [0.1, 0.15) is 12.3 Å². The molecule has 2 rings (SSSR count). The summed E-state index contributed by atoms with van der Waals surface area (Å²) in [6.07, 6.45) is -4.25. The van der Waals surface area contributed by atoms with E-state index in [1.165, 1.54) is 19.2 Å². The van der Waals surface area contributed by atoms with Crippen LogP contribution in [-0.4, -0.2) is 66.5 Å². The van der Waals surface area contributed by atoms with E-state index in [0.717, 1.165) is 36.4 Å². The number of likely N-dealkylation sites (N-methyl/N-ethyl adjacent to an activating group) is 1. The summed E-state index contributed by atoms with van der Waals surface area (Å²) < 4.78 is 40.4. The Morgan fingerprint density at radius 2 is 1.86 bits per heavy atom. The molecule has 28 heavy (non-hydrogen) atoms. The van der Waals surface area contributed by atoms with Gasteiger partial charge in [-0.2, -0.15) is 0 Å². The first kappa shape index (κ1) is 21.8. The number of carboxylic acid groups (broad SMARTS) is 1. The summed E-state index contributed by atoms with van der Waals surface area (Å²) in [6.45, 7) is 2.22. The van der Waals surface area contributed by atoms with E-state index in [4.69, 9.17) is 0 Å². The number of halogens is 3. The van der Waals surface area contributed by atoms with Gasteiger partial charge in [-0.25, -0.2) is 4.79 Å². The summed E-state index contributed by atoms with van der Waals surface area (Å²) in [6, 6.07) is 5.78. The van der Waals surface area contributed by atoms with E-state index in [1.54, 1.807) is 12.1 Å². The Morgan fingerprint density at radius 3 is 2.36 bits per heavy atom. The highest BCUT2D eigenvalue weighted by Gasteiger charge is 2.31. The summed E-state index contributed by atoms with van der Waals surface area (Å²) in [5.74, 6) is -0.433. The number of ether oxygens (including phenoxy) is 1. The number of nitrogens with one attached hydrogen (secondary N) is 1. The highest BCUT2D eigenvalue weighted by Crippen LogP contribution is 2.24. The topological polar surface area (TPSA) is 82.1 Å². The van der Waals surface area contributed by atoms with Gasteiger partial charge < -0.3 is 15.2 Å². The minimum Gasteiger partial charge on any atom is -0.465 e. The van der Waals surface area contributed by atoms with Gasteiger partial charge in [0.15, 0.2) is 0 Å². The van der Waals surface area contributed by atoms with Gasteiger partial charge in [-0.15, -0.1) is 13.2 Å². The SMILES string of the molecule is CNC(=O)CN(CC1CCN(Cc2ccc(OC(F)(F)F)cc2)CC1)C(=O)O. The quantitative estimate of drug-likeness (QED) is 0.731. The molecular weight excluding hydrogens is 379 g/mol. The molecule has 1 saturated heterocycles. The van der Waals surface area contributed by atoms with Crippen LogP contribution in [0.3, 0.4) is 0 Å². The van der Waals surface area contributed by atoms with Crippen LogP contribution in [-0.2, 0) is 11.3 Å². The average Bonchev–Trinajstić information content (AvgIpc) is 2.63. The molecule has 0 atom stereocenters. The first-order valence-electron chi connectivity index (χ1n) is 8.92. The maximum atomic E-state index is 12.2. The third-order valence-electron chi connectivity index (χ3n) is 4.63. The lowest BCUT2D eigenvalue weighted by Gasteiger charge is -2.34. The van der Waals surface area contributed by atoms with Crippen molar-refractivity contribution in [1.82, 2.24) is 15.1 Å². The number of alkyl halides is 3. The second-order valence-electron chi connectivity index (χ2n) is 6.75. The molecule has 2 amide bonds. The number of nitrogens with zero attached hydrogens (tertiary/aromatic N) is 2. The minimum absolute atomic E-state index is 0.166. The molecule has 1 aromatic carbocycles. The predicted molar refractivity (Wildman–Crippen MR) is 94.8 cm³/mol. The standard InChI is InChI=1S/C18H24F3N3O4/c1-22-16(25)12-24(17(26)27)11-14-6-8-23(9-7-14)10-13-2-4-15(5-3-13)28-18(19,20)21/h2-5,14H,6-12H2,1H3,(H,22,25)(H,26,27). The van der Waals surface area contributed by atoms with Gasteiger partial charge in [0.25, 0.3) is 0 Å². The van der Waals surface area contributed by atoms with Crippen molar-refractivity contribution in [2.75, 3.05) is 33.2 Å². The highest BCUT2D eigenvalue weighted by atomic mass is 19.4. The van der Waals surface area contributed by atoms with Gasteiger partial charge in [0.05, 0.1) is 0 Å². The first-order valence-corrected chi connectivity index (χ1v) is 8.92. The van der Waals surface area contributed by atoms with Crippen LogP contribution in [0.5, 0.6) is 5.75 Å². The fourth-order valence-corrected chi connectivity index (χ4v) is 3.16. The Kier molecular flexibility index (Phi) is 7.50. The van der Waals surface area contributed by atoms with Crippen LogP contribution in [0.1, 0.15) is 18.4 Å². The zero-order chi connectivity index (χ0) is 20.7. The lowest BCUT2D eigenvalue weighted by atomic mass is 9.96. The predicted octanol–water partition coefficient (Wildman–Crippen LogP) is 2.52. The molecule has 2 N–H and O–H groups in total. The van der Waals surface area contributed by atoms with Gasteiger partial charge in [-0.05, 0) is 49.5 Å². The van der Waals surface area contributed by atoms with Gasteiger partial charge in [-0.3, -0.25) is 14.6 Å². The van der Waals surface area contributed by atoms with Crippen molar-refractivity contribution in [2.24, 2.45) is 5.92 Å². The average molecular weight is 403 g/mol. The van der Waals surface area contributed by atoms with Gasteiger partial charge in [0.2, 0.25) is 5.91 Å². The lowest BCUT2D eigenvalue weighted by molar-refractivity contribution is -0.274. The summed E-state index contributed by atoms with van der Waals surface area (Å²) in [7, 11) is 1.46. The Bertz CT molecular complexity index is 659. The van der Waals surface area contributed by atoms with Gasteiger partial charge in [0, 0.05) is 20.1 Å². The molecule has 0 unspecified atom stereocenters. The van der Waals surface area contributed by atoms with Gasteiger partial charge in [-0.1, -0.05) is 12.1 Å². The molecule has 0 bridgehead atoms. The van der Waals surface area contributed by atoms with Crippen molar-refractivity contribution >= 4 is 12.0 Å². The Balaban J connectivity index is 1.80. The van der Waals surface area contributed by atoms with Crippen LogP contribution in [0.15, 0.2) is 24.3 Å². The molecule has 1 fully saturated rings. The van der Waals surface area contributed by atoms with Crippen LogP contribution >= 0.6 is 0 Å². The third-order valence-corrected chi connectivity index (χ3v) is 4.63. The molecule has 0 aliphatic carbocycles. The fourth-order valence-electron chi connectivity index (χ4n) is 3.16. The Hall–Kier alpha value is -2.49. The highest BCUT2D eigenvalue weighted by molar-refractivity contribution is 5.81. The number of hydrogen-bond donors (Lipinski definition) is 2. The molecule has 7 nitrogen and oxygen atoms in total. The lowest BCUT2D eigenvalue weighted by Crippen LogP contribution is -2.44. The second-order valence-corrected chi connectivity index (χ2v) is 6.75. The number of hydrogen-bond acceptors (Lipinski definition) is 4. The molecule has 0 saturated carbocycles. The van der Waals surface area contributed by atoms with Crippen molar-refractivity contribution in [2.45, 2.75) is 25.7 Å². The Morgan fingerprint density at radius 1 is 1.25 bits per heavy atom. The van der Waals surface area contributed by atoms with E-state index in [0.29, 0.717) is 13.1 Å². The molecule has 10 heteroatoms. The normalized spacial score (nSPS) is 15.9. The maximum absolute atomic E-state index is 12.2. The molecule has 1 heterocycles. The minimum atomic E-state index is -4.70. The molecule has 0 spiro atoms. The maximum Gasteiger partial charge on any atom is 0.573 e. The number of likely N-dealkylation sites (tertiary alicyclic amines) is 1. The van der Waals surface area contributed by atoms with Crippen LogP contribution < -0.4 is 10.1 Å². The van der Waals surface area contributed by atoms with Crippen molar-refractivity contribution in [3.63, 3.8) is 0 Å². The van der Waals surface area contributed by atoms with Crippen molar-refractivity contribution in [3.05, 3.63) is 29.8 Å². The number of rotatable bonds is 7. The molecule has 156 valence electrons. The number of carbonyl (C=O) groups excluding carboxylic acids is 1. The summed E-state index contributed by atoms with van der Waals surface area (Å²) >= 11 is 0. The number of piperidine rings is 1. The number of carbonyl (C=O) groups is 2. The number of amides is 2. The molecule has 1 aliphatic rings. The number of benzene rings is 1. The zero-order valence-electron chi connectivity index (χ0n) is 15.5. The Labute approximate surface area is 161 Å².